The van der Waals surface area contributed by atoms with Crippen LogP contribution >= 0.6 is 0 Å². The van der Waals surface area contributed by atoms with Gasteiger partial charge in [-0.3, -0.25) is 0 Å². The van der Waals surface area contributed by atoms with Crippen molar-refractivity contribution in [3.8, 4) is 5.75 Å². The lowest BCUT2D eigenvalue weighted by Crippen LogP contribution is -2.07. The van der Waals surface area contributed by atoms with E-state index in [1.165, 1.54) is 6.07 Å². The number of hydrogen-bond donors (Lipinski definition) is 1. The summed E-state index contributed by atoms with van der Waals surface area (Å²) in [5.41, 5.74) is 1.71. The SMILES string of the molecule is COc1c(C)cc(C(O)c2c(F)cccc2F)cc1C. The molecule has 2 rings (SSSR count). The first-order valence-electron chi connectivity index (χ1n) is 6.22. The van der Waals surface area contributed by atoms with Crippen molar-refractivity contribution in [1.82, 2.24) is 0 Å². The van der Waals surface area contributed by atoms with Crippen LogP contribution in [0.2, 0.25) is 0 Å². The van der Waals surface area contributed by atoms with E-state index in [0.717, 1.165) is 23.3 Å². The Balaban J connectivity index is 2.52. The number of aliphatic hydroxyl groups is 1. The van der Waals surface area contributed by atoms with Crippen LogP contribution in [-0.2, 0) is 0 Å². The molecule has 0 amide bonds. The Morgan fingerprint density at radius 1 is 1.05 bits per heavy atom. The summed E-state index contributed by atoms with van der Waals surface area (Å²) in [6.07, 6.45) is -1.35. The minimum atomic E-state index is -1.35. The van der Waals surface area contributed by atoms with Crippen molar-refractivity contribution in [1.29, 1.82) is 0 Å². The number of rotatable bonds is 3. The van der Waals surface area contributed by atoms with E-state index < -0.39 is 17.7 Å². The second kappa shape index (κ2) is 5.59. The van der Waals surface area contributed by atoms with Crippen molar-refractivity contribution in [2.75, 3.05) is 7.11 Å². The van der Waals surface area contributed by atoms with Crippen molar-refractivity contribution >= 4 is 0 Å². The first-order valence-corrected chi connectivity index (χ1v) is 6.22. The number of aryl methyl sites for hydroxylation is 2. The van der Waals surface area contributed by atoms with Gasteiger partial charge in [-0.1, -0.05) is 6.07 Å². The molecule has 0 aliphatic heterocycles. The predicted octanol–water partition coefficient (Wildman–Crippen LogP) is 3.67. The number of hydrogen-bond acceptors (Lipinski definition) is 2. The maximum atomic E-state index is 13.7. The van der Waals surface area contributed by atoms with E-state index in [1.807, 2.05) is 13.8 Å². The van der Waals surface area contributed by atoms with Gasteiger partial charge in [0, 0.05) is 0 Å². The van der Waals surface area contributed by atoms with Gasteiger partial charge in [0.2, 0.25) is 0 Å². The molecule has 2 aromatic carbocycles. The third kappa shape index (κ3) is 2.51. The van der Waals surface area contributed by atoms with Crippen LogP contribution in [0, 0.1) is 25.5 Å². The average molecular weight is 278 g/mol. The Morgan fingerprint density at radius 3 is 2.00 bits per heavy atom. The zero-order valence-electron chi connectivity index (χ0n) is 11.6. The summed E-state index contributed by atoms with van der Waals surface area (Å²) in [7, 11) is 1.56. The molecule has 0 spiro atoms. The van der Waals surface area contributed by atoms with Crippen LogP contribution < -0.4 is 4.74 Å². The maximum Gasteiger partial charge on any atom is 0.132 e. The number of benzene rings is 2. The van der Waals surface area contributed by atoms with Crippen molar-refractivity contribution in [2.45, 2.75) is 20.0 Å². The van der Waals surface area contributed by atoms with E-state index >= 15 is 0 Å². The lowest BCUT2D eigenvalue weighted by molar-refractivity contribution is 0.208. The van der Waals surface area contributed by atoms with Crippen LogP contribution in [0.5, 0.6) is 5.75 Å². The van der Waals surface area contributed by atoms with Crippen LogP contribution in [0.15, 0.2) is 30.3 Å². The Kier molecular flexibility index (Phi) is 4.04. The van der Waals surface area contributed by atoms with E-state index in [4.69, 9.17) is 4.74 Å². The van der Waals surface area contributed by atoms with Gasteiger partial charge in [-0.25, -0.2) is 8.78 Å². The van der Waals surface area contributed by atoms with Gasteiger partial charge >= 0.3 is 0 Å². The molecule has 0 aromatic heterocycles. The molecule has 20 heavy (non-hydrogen) atoms. The number of methoxy groups -OCH3 is 1. The fraction of sp³-hybridized carbons (Fsp3) is 0.250. The number of halogens is 2. The van der Waals surface area contributed by atoms with Crippen LogP contribution in [0.25, 0.3) is 0 Å². The fourth-order valence-corrected chi connectivity index (χ4v) is 2.40. The molecule has 0 heterocycles. The lowest BCUT2D eigenvalue weighted by atomic mass is 9.96. The normalized spacial score (nSPS) is 12.3. The second-order valence-corrected chi connectivity index (χ2v) is 4.73. The van der Waals surface area contributed by atoms with Crippen LogP contribution in [0.3, 0.4) is 0 Å². The third-order valence-corrected chi connectivity index (χ3v) is 3.28. The highest BCUT2D eigenvalue weighted by Crippen LogP contribution is 2.32. The van der Waals surface area contributed by atoms with Crippen molar-refractivity contribution < 1.29 is 18.6 Å². The molecule has 4 heteroatoms. The lowest BCUT2D eigenvalue weighted by Gasteiger charge is -2.17. The topological polar surface area (TPSA) is 29.5 Å². The summed E-state index contributed by atoms with van der Waals surface area (Å²) in [4.78, 5) is 0. The van der Waals surface area contributed by atoms with Gasteiger partial charge in [-0.15, -0.1) is 0 Å². The molecule has 106 valence electrons. The van der Waals surface area contributed by atoms with Gasteiger partial charge in [0.1, 0.15) is 23.5 Å². The zero-order valence-corrected chi connectivity index (χ0v) is 11.6. The van der Waals surface area contributed by atoms with Crippen LogP contribution in [-0.4, -0.2) is 12.2 Å². The molecule has 0 bridgehead atoms. The maximum absolute atomic E-state index is 13.7. The van der Waals surface area contributed by atoms with Gasteiger partial charge in [-0.05, 0) is 54.8 Å². The molecule has 2 aromatic rings. The highest BCUT2D eigenvalue weighted by Gasteiger charge is 2.20. The number of ether oxygens (including phenoxy) is 1. The number of aliphatic hydroxyl groups excluding tert-OH is 1. The van der Waals surface area contributed by atoms with Crippen molar-refractivity contribution in [3.63, 3.8) is 0 Å². The van der Waals surface area contributed by atoms with Gasteiger partial charge in [0.25, 0.3) is 0 Å². The Bertz CT molecular complexity index is 595. The molecule has 0 fully saturated rings. The summed E-state index contributed by atoms with van der Waals surface area (Å²) in [6.45, 7) is 3.64. The Morgan fingerprint density at radius 2 is 1.55 bits per heavy atom. The molecular weight excluding hydrogens is 262 g/mol. The first kappa shape index (κ1) is 14.5. The van der Waals surface area contributed by atoms with Crippen LogP contribution in [0.4, 0.5) is 8.78 Å². The minimum absolute atomic E-state index is 0.337. The third-order valence-electron chi connectivity index (χ3n) is 3.28. The summed E-state index contributed by atoms with van der Waals surface area (Å²) in [5.74, 6) is -0.817. The monoisotopic (exact) mass is 278 g/mol. The van der Waals surface area contributed by atoms with Crippen molar-refractivity contribution in [3.05, 3.63) is 64.2 Å². The van der Waals surface area contributed by atoms with E-state index in [1.54, 1.807) is 19.2 Å². The first-order chi connectivity index (χ1) is 9.45. The molecule has 2 nitrogen and oxygen atoms in total. The molecular formula is C16H16F2O2. The highest BCUT2D eigenvalue weighted by atomic mass is 19.1. The van der Waals surface area contributed by atoms with E-state index in [-0.39, 0.29) is 5.56 Å². The molecule has 1 N–H and O–H groups in total. The van der Waals surface area contributed by atoms with Crippen molar-refractivity contribution in [2.24, 2.45) is 0 Å². The summed E-state index contributed by atoms with van der Waals surface area (Å²) in [5, 5.41) is 10.2. The summed E-state index contributed by atoms with van der Waals surface area (Å²) < 4.78 is 32.7. The van der Waals surface area contributed by atoms with E-state index in [2.05, 4.69) is 0 Å². The van der Waals surface area contributed by atoms with E-state index in [0.29, 0.717) is 11.3 Å². The zero-order chi connectivity index (χ0) is 14.9. The summed E-state index contributed by atoms with van der Waals surface area (Å²) in [6, 6.07) is 6.87. The van der Waals surface area contributed by atoms with Gasteiger partial charge < -0.3 is 9.84 Å². The Hall–Kier alpha value is -1.94. The molecule has 1 atom stereocenters. The predicted molar refractivity (Wildman–Crippen MR) is 72.9 cm³/mol. The van der Waals surface area contributed by atoms with Gasteiger partial charge in [0.05, 0.1) is 12.7 Å². The molecule has 0 radical (unpaired) electrons. The average Bonchev–Trinajstić information content (AvgIpc) is 2.37. The largest absolute Gasteiger partial charge is 0.496 e. The second-order valence-electron chi connectivity index (χ2n) is 4.73. The Labute approximate surface area is 116 Å². The quantitative estimate of drug-likeness (QED) is 0.928. The smallest absolute Gasteiger partial charge is 0.132 e. The van der Waals surface area contributed by atoms with Gasteiger partial charge in [0.15, 0.2) is 0 Å². The van der Waals surface area contributed by atoms with E-state index in [9.17, 15) is 13.9 Å². The fourth-order valence-electron chi connectivity index (χ4n) is 2.40. The van der Waals surface area contributed by atoms with Crippen LogP contribution in [0.1, 0.15) is 28.4 Å². The molecule has 1 unspecified atom stereocenters. The molecule has 0 saturated heterocycles. The minimum Gasteiger partial charge on any atom is -0.496 e. The molecule has 0 aliphatic carbocycles. The van der Waals surface area contributed by atoms with Gasteiger partial charge in [-0.2, -0.15) is 0 Å². The standard InChI is InChI=1S/C16H16F2O2/c1-9-7-11(8-10(2)16(9)20-3)15(19)14-12(17)5-4-6-13(14)18/h4-8,15,19H,1-3H3. The summed E-state index contributed by atoms with van der Waals surface area (Å²) >= 11 is 0. The molecule has 0 saturated carbocycles. The highest BCUT2D eigenvalue weighted by molar-refractivity contribution is 5.45. The molecule has 0 aliphatic rings.